The third kappa shape index (κ3) is 6.27. The van der Waals surface area contributed by atoms with Crippen molar-refractivity contribution >= 4 is 23.2 Å². The van der Waals surface area contributed by atoms with Crippen LogP contribution in [0.1, 0.15) is 60.4 Å². The molecule has 0 aliphatic heterocycles. The number of rotatable bonds is 6. The predicted octanol–water partition coefficient (Wildman–Crippen LogP) is 6.72. The molecule has 2 N–H and O–H groups in total. The highest BCUT2D eigenvalue weighted by Gasteiger charge is 2.18. The number of phenolic OH excluding ortho intramolecular Hbond substituents is 1. The molecule has 3 aromatic carbocycles. The SMILES string of the molecule is C/C(=N\NC(=O)c1cc(-c2ccc(Cl)cc2)nn1Cc1ccc(C(C)(C)C)cc1)c1cc(C)ccc1O. The molecule has 4 aromatic rings. The Hall–Kier alpha value is -3.90. The molecule has 0 saturated heterocycles. The van der Waals surface area contributed by atoms with Crippen molar-refractivity contribution in [3.8, 4) is 17.0 Å². The first-order valence-corrected chi connectivity index (χ1v) is 12.5. The van der Waals surface area contributed by atoms with Crippen LogP contribution in [0, 0.1) is 6.92 Å². The Morgan fingerprint density at radius 2 is 1.70 bits per heavy atom. The van der Waals surface area contributed by atoms with E-state index in [2.05, 4.69) is 55.6 Å². The maximum absolute atomic E-state index is 13.3. The summed E-state index contributed by atoms with van der Waals surface area (Å²) in [6, 6.07) is 22.7. The Morgan fingerprint density at radius 1 is 1.03 bits per heavy atom. The largest absolute Gasteiger partial charge is 0.507 e. The third-order valence-corrected chi connectivity index (χ3v) is 6.42. The summed E-state index contributed by atoms with van der Waals surface area (Å²) in [6.45, 7) is 10.6. The van der Waals surface area contributed by atoms with Gasteiger partial charge in [0.2, 0.25) is 0 Å². The number of hydrogen-bond acceptors (Lipinski definition) is 4. The summed E-state index contributed by atoms with van der Waals surface area (Å²) in [6.07, 6.45) is 0. The van der Waals surface area contributed by atoms with Crippen molar-refractivity contribution in [2.75, 3.05) is 0 Å². The summed E-state index contributed by atoms with van der Waals surface area (Å²) in [5, 5.41) is 19.8. The summed E-state index contributed by atoms with van der Waals surface area (Å²) in [7, 11) is 0. The lowest BCUT2D eigenvalue weighted by Gasteiger charge is -2.19. The van der Waals surface area contributed by atoms with Crippen LogP contribution in [-0.2, 0) is 12.0 Å². The molecule has 0 unspecified atom stereocenters. The van der Waals surface area contributed by atoms with Gasteiger partial charge >= 0.3 is 0 Å². The van der Waals surface area contributed by atoms with Gasteiger partial charge in [0.1, 0.15) is 11.4 Å². The Kier molecular flexibility index (Phi) is 7.50. The molecule has 0 atom stereocenters. The molecule has 0 bridgehead atoms. The summed E-state index contributed by atoms with van der Waals surface area (Å²) in [5.41, 5.74) is 8.87. The number of amides is 1. The van der Waals surface area contributed by atoms with Crippen LogP contribution in [0.25, 0.3) is 11.3 Å². The maximum atomic E-state index is 13.3. The van der Waals surface area contributed by atoms with Gasteiger partial charge in [0.05, 0.1) is 18.0 Å². The van der Waals surface area contributed by atoms with Gasteiger partial charge in [-0.3, -0.25) is 9.48 Å². The lowest BCUT2D eigenvalue weighted by atomic mass is 9.87. The van der Waals surface area contributed by atoms with Crippen LogP contribution in [0.5, 0.6) is 5.75 Å². The minimum atomic E-state index is -0.398. The van der Waals surface area contributed by atoms with Gasteiger partial charge < -0.3 is 5.11 Å². The molecule has 1 amide bonds. The number of aromatic nitrogens is 2. The first-order valence-electron chi connectivity index (χ1n) is 12.1. The number of hydrazone groups is 1. The smallest absolute Gasteiger partial charge is 0.289 e. The number of carbonyl (C=O) groups excluding carboxylic acids is 1. The number of phenols is 1. The summed E-state index contributed by atoms with van der Waals surface area (Å²) >= 11 is 6.06. The first kappa shape index (κ1) is 26.2. The molecule has 1 heterocycles. The lowest BCUT2D eigenvalue weighted by molar-refractivity contribution is 0.0944. The number of benzene rings is 3. The molecule has 7 heteroatoms. The number of hydrogen-bond donors (Lipinski definition) is 2. The molecular weight excluding hydrogens is 484 g/mol. The topological polar surface area (TPSA) is 79.5 Å². The molecule has 1 aromatic heterocycles. The summed E-state index contributed by atoms with van der Waals surface area (Å²) < 4.78 is 1.68. The van der Waals surface area contributed by atoms with Crippen LogP contribution < -0.4 is 5.43 Å². The average Bonchev–Trinajstić information content (AvgIpc) is 3.27. The van der Waals surface area contributed by atoms with E-state index in [4.69, 9.17) is 16.7 Å². The van der Waals surface area contributed by atoms with Crippen LogP contribution in [0.2, 0.25) is 5.02 Å². The molecule has 0 radical (unpaired) electrons. The molecule has 0 spiro atoms. The fraction of sp³-hybridized carbons (Fsp3) is 0.233. The van der Waals surface area contributed by atoms with Gasteiger partial charge in [0.25, 0.3) is 5.91 Å². The summed E-state index contributed by atoms with van der Waals surface area (Å²) in [4.78, 5) is 13.3. The monoisotopic (exact) mass is 514 g/mol. The lowest BCUT2D eigenvalue weighted by Crippen LogP contribution is -2.23. The van der Waals surface area contributed by atoms with Crippen LogP contribution >= 0.6 is 11.6 Å². The second-order valence-corrected chi connectivity index (χ2v) is 10.6. The molecule has 190 valence electrons. The van der Waals surface area contributed by atoms with Crippen molar-refractivity contribution in [3.63, 3.8) is 0 Å². The Balaban J connectivity index is 1.65. The number of aryl methyl sites for hydroxylation is 1. The fourth-order valence-corrected chi connectivity index (χ4v) is 4.08. The Labute approximate surface area is 222 Å². The Morgan fingerprint density at radius 3 is 2.35 bits per heavy atom. The molecule has 37 heavy (non-hydrogen) atoms. The highest BCUT2D eigenvalue weighted by Crippen LogP contribution is 2.25. The van der Waals surface area contributed by atoms with Crippen LogP contribution in [0.15, 0.2) is 77.9 Å². The minimum absolute atomic E-state index is 0.0542. The predicted molar refractivity (Wildman–Crippen MR) is 149 cm³/mol. The Bertz CT molecular complexity index is 1450. The molecule has 6 nitrogen and oxygen atoms in total. The van der Waals surface area contributed by atoms with E-state index in [-0.39, 0.29) is 11.2 Å². The van der Waals surface area contributed by atoms with Crippen molar-refractivity contribution in [1.29, 1.82) is 0 Å². The maximum Gasteiger partial charge on any atom is 0.289 e. The van der Waals surface area contributed by atoms with Crippen LogP contribution in [-0.4, -0.2) is 26.5 Å². The van der Waals surface area contributed by atoms with Crippen molar-refractivity contribution < 1.29 is 9.90 Å². The highest BCUT2D eigenvalue weighted by atomic mass is 35.5. The quantitative estimate of drug-likeness (QED) is 0.221. The van der Waals surface area contributed by atoms with E-state index in [1.807, 2.05) is 31.2 Å². The van der Waals surface area contributed by atoms with Crippen LogP contribution in [0.3, 0.4) is 0 Å². The molecular formula is C30H31ClN4O2. The van der Waals surface area contributed by atoms with Gasteiger partial charge in [-0.1, -0.05) is 80.4 Å². The van der Waals surface area contributed by atoms with Gasteiger partial charge in [-0.15, -0.1) is 0 Å². The van der Waals surface area contributed by atoms with E-state index in [1.165, 1.54) is 5.56 Å². The average molecular weight is 515 g/mol. The second kappa shape index (κ2) is 10.6. The normalized spacial score (nSPS) is 12.0. The molecule has 0 saturated carbocycles. The zero-order valence-electron chi connectivity index (χ0n) is 21.7. The third-order valence-electron chi connectivity index (χ3n) is 6.17. The number of aromatic hydroxyl groups is 1. The van der Waals surface area contributed by atoms with Gasteiger partial charge in [0, 0.05) is 16.1 Å². The molecule has 0 aliphatic rings. The van der Waals surface area contributed by atoms with Crippen molar-refractivity contribution in [2.45, 2.75) is 46.6 Å². The van der Waals surface area contributed by atoms with Crippen molar-refractivity contribution in [1.82, 2.24) is 15.2 Å². The van der Waals surface area contributed by atoms with Gasteiger partial charge in [-0.25, -0.2) is 5.43 Å². The van der Waals surface area contributed by atoms with Crippen molar-refractivity contribution in [2.24, 2.45) is 5.10 Å². The minimum Gasteiger partial charge on any atom is -0.507 e. The fourth-order valence-electron chi connectivity index (χ4n) is 3.96. The van der Waals surface area contributed by atoms with E-state index in [9.17, 15) is 9.90 Å². The zero-order chi connectivity index (χ0) is 26.7. The molecule has 0 aliphatic carbocycles. The number of carbonyl (C=O) groups is 1. The first-order chi connectivity index (χ1) is 17.5. The zero-order valence-corrected chi connectivity index (χ0v) is 22.5. The van der Waals surface area contributed by atoms with E-state index in [1.54, 1.807) is 35.9 Å². The van der Waals surface area contributed by atoms with Gasteiger partial charge in [-0.05, 0) is 60.7 Å². The van der Waals surface area contributed by atoms with E-state index >= 15 is 0 Å². The van der Waals surface area contributed by atoms with Crippen LogP contribution in [0.4, 0.5) is 0 Å². The standard InChI is InChI=1S/C30H31ClN4O2/c1-19-6-15-28(36)25(16-19)20(2)32-33-29(37)27-17-26(22-9-13-24(31)14-10-22)34-35(27)18-21-7-11-23(12-8-21)30(3,4)5/h6-17,36H,18H2,1-5H3,(H,33,37)/b32-20+. The number of halogens is 1. The second-order valence-electron chi connectivity index (χ2n) is 10.2. The van der Waals surface area contributed by atoms with Gasteiger partial charge in [-0.2, -0.15) is 10.2 Å². The molecule has 4 rings (SSSR count). The summed E-state index contributed by atoms with van der Waals surface area (Å²) in [5.74, 6) is -0.291. The van der Waals surface area contributed by atoms with Gasteiger partial charge in [0.15, 0.2) is 0 Å². The molecule has 0 fully saturated rings. The highest BCUT2D eigenvalue weighted by molar-refractivity contribution is 6.30. The van der Waals surface area contributed by atoms with E-state index in [0.29, 0.717) is 34.2 Å². The number of nitrogens with zero attached hydrogens (tertiary/aromatic N) is 3. The van der Waals surface area contributed by atoms with E-state index < -0.39 is 5.91 Å². The number of nitrogens with one attached hydrogen (secondary N) is 1. The van der Waals surface area contributed by atoms with Crippen molar-refractivity contribution in [3.05, 3.63) is 106 Å². The van der Waals surface area contributed by atoms with E-state index in [0.717, 1.165) is 16.7 Å².